The van der Waals surface area contributed by atoms with Crippen LogP contribution in [0.3, 0.4) is 0 Å². The van der Waals surface area contributed by atoms with Crippen molar-refractivity contribution in [1.82, 2.24) is 0 Å². The van der Waals surface area contributed by atoms with Gasteiger partial charge in [-0.25, -0.2) is 0 Å². The lowest BCUT2D eigenvalue weighted by atomic mass is 10.2. The minimum absolute atomic E-state index is 0.255. The summed E-state index contributed by atoms with van der Waals surface area (Å²) in [7, 11) is -3.56. The van der Waals surface area contributed by atoms with E-state index in [0.29, 0.717) is 17.9 Å². The van der Waals surface area contributed by atoms with Gasteiger partial charge in [-0.3, -0.25) is 4.18 Å². The van der Waals surface area contributed by atoms with Crippen molar-refractivity contribution in [3.63, 3.8) is 0 Å². The fourth-order valence-corrected chi connectivity index (χ4v) is 3.61. The van der Waals surface area contributed by atoms with Gasteiger partial charge in [0, 0.05) is 0 Å². The number of benzene rings is 1. The third-order valence-corrected chi connectivity index (χ3v) is 5.59. The van der Waals surface area contributed by atoms with Gasteiger partial charge < -0.3 is 0 Å². The van der Waals surface area contributed by atoms with Crippen LogP contribution in [0.4, 0.5) is 0 Å². The smallest absolute Gasteiger partial charge is 0.266 e. The summed E-state index contributed by atoms with van der Waals surface area (Å²) in [5, 5.41) is 0. The number of hydrogen-bond donors (Lipinski definition) is 0. The van der Waals surface area contributed by atoms with Crippen molar-refractivity contribution in [2.75, 3.05) is 6.61 Å². The Morgan fingerprint density at radius 2 is 1.94 bits per heavy atom. The van der Waals surface area contributed by atoms with Crippen LogP contribution in [0.1, 0.15) is 31.2 Å². The van der Waals surface area contributed by atoms with E-state index in [0.717, 1.165) is 12.0 Å². The zero-order chi connectivity index (χ0) is 12.8. The molecule has 0 amide bonds. The molecule has 3 nitrogen and oxygen atoms in total. The predicted octanol–water partition coefficient (Wildman–Crippen LogP) is 2.89. The summed E-state index contributed by atoms with van der Waals surface area (Å²) in [5.41, 5.74) is 1.67. The lowest BCUT2D eigenvalue weighted by Crippen LogP contribution is -2.08. The molecular weight excluding hydrogens is 248 g/mol. The Labute approximate surface area is 108 Å². The SMILES string of the molecule is Cc1ccc(S(=O)(=O)OCCC2CC23CC3)cc1. The molecule has 2 aliphatic carbocycles. The molecule has 98 valence electrons. The Morgan fingerprint density at radius 3 is 2.50 bits per heavy atom. The van der Waals surface area contributed by atoms with Crippen LogP contribution in [-0.4, -0.2) is 15.0 Å². The van der Waals surface area contributed by atoms with Gasteiger partial charge in [-0.05, 0) is 56.1 Å². The van der Waals surface area contributed by atoms with E-state index in [1.807, 2.05) is 6.92 Å². The summed E-state index contributed by atoms with van der Waals surface area (Å²) in [5.74, 6) is 0.714. The topological polar surface area (TPSA) is 43.4 Å². The van der Waals surface area contributed by atoms with E-state index in [1.165, 1.54) is 19.3 Å². The molecule has 0 aromatic heterocycles. The quantitative estimate of drug-likeness (QED) is 0.770. The lowest BCUT2D eigenvalue weighted by Gasteiger charge is -2.05. The van der Waals surface area contributed by atoms with Gasteiger partial charge in [0.25, 0.3) is 10.1 Å². The molecule has 4 heteroatoms. The zero-order valence-electron chi connectivity index (χ0n) is 10.6. The molecule has 0 aliphatic heterocycles. The molecule has 1 aromatic rings. The second-order valence-electron chi connectivity index (χ2n) is 5.64. The molecule has 0 N–H and O–H groups in total. The van der Waals surface area contributed by atoms with Gasteiger partial charge in [0.05, 0.1) is 11.5 Å². The van der Waals surface area contributed by atoms with Gasteiger partial charge in [0.2, 0.25) is 0 Å². The highest BCUT2D eigenvalue weighted by atomic mass is 32.2. The maximum Gasteiger partial charge on any atom is 0.296 e. The Morgan fingerprint density at radius 1 is 1.28 bits per heavy atom. The fraction of sp³-hybridized carbons (Fsp3) is 0.571. The molecule has 0 saturated heterocycles. The van der Waals surface area contributed by atoms with Gasteiger partial charge in [-0.2, -0.15) is 8.42 Å². The van der Waals surface area contributed by atoms with Gasteiger partial charge in [-0.15, -0.1) is 0 Å². The second-order valence-corrected chi connectivity index (χ2v) is 7.26. The third kappa shape index (κ3) is 2.31. The molecule has 1 unspecified atom stereocenters. The van der Waals surface area contributed by atoms with E-state index >= 15 is 0 Å². The molecule has 0 radical (unpaired) electrons. The highest BCUT2D eigenvalue weighted by molar-refractivity contribution is 7.86. The van der Waals surface area contributed by atoms with Crippen molar-refractivity contribution in [3.05, 3.63) is 29.8 Å². The van der Waals surface area contributed by atoms with Crippen LogP contribution in [-0.2, 0) is 14.3 Å². The van der Waals surface area contributed by atoms with E-state index in [9.17, 15) is 8.42 Å². The molecule has 3 rings (SSSR count). The first-order valence-electron chi connectivity index (χ1n) is 6.48. The number of rotatable bonds is 5. The molecular formula is C14H18O3S. The molecule has 1 spiro atoms. The number of hydrogen-bond acceptors (Lipinski definition) is 3. The first-order chi connectivity index (χ1) is 8.52. The summed E-state index contributed by atoms with van der Waals surface area (Å²) < 4.78 is 28.9. The second kappa shape index (κ2) is 4.07. The van der Waals surface area contributed by atoms with Gasteiger partial charge in [0.15, 0.2) is 0 Å². The monoisotopic (exact) mass is 266 g/mol. The summed E-state index contributed by atoms with van der Waals surface area (Å²) in [4.78, 5) is 0.255. The minimum Gasteiger partial charge on any atom is -0.266 e. The molecule has 1 aromatic carbocycles. The van der Waals surface area contributed by atoms with Crippen LogP contribution in [0, 0.1) is 18.3 Å². The third-order valence-electron chi connectivity index (χ3n) is 4.27. The van der Waals surface area contributed by atoms with Crippen molar-refractivity contribution in [3.8, 4) is 0 Å². The highest BCUT2D eigenvalue weighted by Crippen LogP contribution is 2.71. The van der Waals surface area contributed by atoms with Crippen molar-refractivity contribution >= 4 is 10.1 Å². The summed E-state index contributed by atoms with van der Waals surface area (Å²) >= 11 is 0. The Balaban J connectivity index is 1.55. The van der Waals surface area contributed by atoms with Crippen molar-refractivity contribution in [1.29, 1.82) is 0 Å². The maximum atomic E-state index is 11.9. The molecule has 2 fully saturated rings. The lowest BCUT2D eigenvalue weighted by molar-refractivity contribution is 0.300. The standard InChI is InChI=1S/C14H18O3S/c1-11-2-4-13(5-3-11)18(15,16)17-9-6-12-10-14(12)7-8-14/h2-5,12H,6-10H2,1H3. The van der Waals surface area contributed by atoms with Crippen LogP contribution in [0.25, 0.3) is 0 Å². The average Bonchev–Trinajstić information content (AvgIpc) is 3.21. The van der Waals surface area contributed by atoms with Gasteiger partial charge >= 0.3 is 0 Å². The maximum absolute atomic E-state index is 11.9. The molecule has 18 heavy (non-hydrogen) atoms. The zero-order valence-corrected chi connectivity index (χ0v) is 11.4. The van der Waals surface area contributed by atoms with Crippen molar-refractivity contribution < 1.29 is 12.6 Å². The largest absolute Gasteiger partial charge is 0.296 e. The molecule has 0 heterocycles. The molecule has 0 bridgehead atoms. The van der Waals surface area contributed by atoms with E-state index in [4.69, 9.17) is 4.18 Å². The van der Waals surface area contributed by atoms with Gasteiger partial charge in [0.1, 0.15) is 0 Å². The molecule has 1 atom stereocenters. The first-order valence-corrected chi connectivity index (χ1v) is 7.89. The Bertz CT molecular complexity index is 541. The average molecular weight is 266 g/mol. The van der Waals surface area contributed by atoms with Crippen LogP contribution in [0.15, 0.2) is 29.2 Å². The molecule has 2 saturated carbocycles. The van der Waals surface area contributed by atoms with Crippen LogP contribution < -0.4 is 0 Å². The predicted molar refractivity (Wildman–Crippen MR) is 68.7 cm³/mol. The van der Waals surface area contributed by atoms with Crippen LogP contribution in [0.5, 0.6) is 0 Å². The van der Waals surface area contributed by atoms with E-state index in [-0.39, 0.29) is 4.90 Å². The van der Waals surface area contributed by atoms with Crippen molar-refractivity contribution in [2.24, 2.45) is 11.3 Å². The van der Waals surface area contributed by atoms with Crippen LogP contribution >= 0.6 is 0 Å². The molecule has 2 aliphatic rings. The van der Waals surface area contributed by atoms with Crippen molar-refractivity contribution in [2.45, 2.75) is 37.5 Å². The summed E-state index contributed by atoms with van der Waals surface area (Å²) in [6, 6.07) is 6.78. The normalized spacial score (nSPS) is 24.2. The summed E-state index contributed by atoms with van der Waals surface area (Å²) in [6.45, 7) is 2.25. The fourth-order valence-electron chi connectivity index (χ4n) is 2.69. The van der Waals surface area contributed by atoms with Gasteiger partial charge in [-0.1, -0.05) is 17.7 Å². The minimum atomic E-state index is -3.56. The van der Waals surface area contributed by atoms with E-state index in [2.05, 4.69) is 0 Å². The van der Waals surface area contributed by atoms with E-state index in [1.54, 1.807) is 24.3 Å². The number of aryl methyl sites for hydroxylation is 1. The Kier molecular flexibility index (Phi) is 2.75. The summed E-state index contributed by atoms with van der Waals surface area (Å²) in [6.07, 6.45) is 4.83. The Hall–Kier alpha value is -0.870. The van der Waals surface area contributed by atoms with E-state index < -0.39 is 10.1 Å². The first kappa shape index (κ1) is 12.2. The van der Waals surface area contributed by atoms with Crippen LogP contribution in [0.2, 0.25) is 0 Å². The highest BCUT2D eigenvalue weighted by Gasteiger charge is 2.61.